The number of imidazole rings is 1. The van der Waals surface area contributed by atoms with Crippen LogP contribution in [-0.4, -0.2) is 9.55 Å². The van der Waals surface area contributed by atoms with Crippen molar-refractivity contribution in [1.29, 1.82) is 0 Å². The van der Waals surface area contributed by atoms with E-state index in [1.807, 2.05) is 0 Å². The van der Waals surface area contributed by atoms with Gasteiger partial charge in [-0.25, -0.2) is 4.98 Å². The maximum absolute atomic E-state index is 5.12. The summed E-state index contributed by atoms with van der Waals surface area (Å²) in [5.41, 5.74) is 9.15. The lowest BCUT2D eigenvalue weighted by molar-refractivity contribution is 0.194. The summed E-state index contributed by atoms with van der Waals surface area (Å²) in [6, 6.07) is 13.4. The Labute approximate surface area is 163 Å². The van der Waals surface area contributed by atoms with Crippen LogP contribution in [0.4, 0.5) is 0 Å². The van der Waals surface area contributed by atoms with Crippen molar-refractivity contribution in [3.8, 4) is 17.1 Å². The summed E-state index contributed by atoms with van der Waals surface area (Å²) < 4.78 is 2.33. The number of hydrogen-bond donors (Lipinski definition) is 0. The van der Waals surface area contributed by atoms with Crippen LogP contribution in [0.25, 0.3) is 17.1 Å². The lowest BCUT2D eigenvalue weighted by Gasteiger charge is -2.43. The molecule has 2 heterocycles. The standard InChI is InChI=1S/C25H30N2/c1-16-12-17(2)22(18(3)13-16)27-15-19-14-24(4,5)25(6,7)21-11-9-8-10-20(21)23(27)26-19/h8-13,15H,14H2,1-7H3. The molecule has 0 saturated carbocycles. The zero-order valence-corrected chi connectivity index (χ0v) is 17.6. The van der Waals surface area contributed by atoms with Gasteiger partial charge in [-0.05, 0) is 54.7 Å². The molecule has 4 rings (SSSR count). The molecule has 2 heteroatoms. The number of fused-ring (bicyclic) bond motifs is 4. The predicted octanol–water partition coefficient (Wildman–Crippen LogP) is 6.32. The van der Waals surface area contributed by atoms with E-state index in [0.29, 0.717) is 0 Å². The lowest BCUT2D eigenvalue weighted by atomic mass is 9.61. The number of nitrogens with zero attached hydrogens (tertiary/aromatic N) is 2. The van der Waals surface area contributed by atoms with Gasteiger partial charge in [0.15, 0.2) is 0 Å². The zero-order valence-electron chi connectivity index (χ0n) is 17.6. The van der Waals surface area contributed by atoms with Crippen LogP contribution in [0.5, 0.6) is 0 Å². The van der Waals surface area contributed by atoms with E-state index in [9.17, 15) is 0 Å². The minimum atomic E-state index is 0.0528. The number of aryl methyl sites for hydroxylation is 3. The van der Waals surface area contributed by atoms with Gasteiger partial charge >= 0.3 is 0 Å². The highest BCUT2D eigenvalue weighted by atomic mass is 15.1. The van der Waals surface area contributed by atoms with Crippen LogP contribution in [0.2, 0.25) is 0 Å². The van der Waals surface area contributed by atoms with Gasteiger partial charge in [-0.3, -0.25) is 4.57 Å². The quantitative estimate of drug-likeness (QED) is 0.497. The van der Waals surface area contributed by atoms with E-state index in [1.165, 1.54) is 39.2 Å². The maximum atomic E-state index is 5.12. The van der Waals surface area contributed by atoms with E-state index in [4.69, 9.17) is 4.98 Å². The highest BCUT2D eigenvalue weighted by Crippen LogP contribution is 2.48. The van der Waals surface area contributed by atoms with Crippen molar-refractivity contribution < 1.29 is 0 Å². The Morgan fingerprint density at radius 3 is 2.22 bits per heavy atom. The first-order valence-electron chi connectivity index (χ1n) is 9.88. The molecular weight excluding hydrogens is 328 g/mol. The fourth-order valence-corrected chi connectivity index (χ4v) is 4.69. The highest BCUT2D eigenvalue weighted by Gasteiger charge is 2.42. The molecule has 0 fully saturated rings. The number of benzene rings is 2. The summed E-state index contributed by atoms with van der Waals surface area (Å²) in [5.74, 6) is 1.07. The van der Waals surface area contributed by atoms with Crippen molar-refractivity contribution in [1.82, 2.24) is 9.55 Å². The van der Waals surface area contributed by atoms with Crippen LogP contribution >= 0.6 is 0 Å². The minimum Gasteiger partial charge on any atom is -0.299 e. The summed E-state index contributed by atoms with van der Waals surface area (Å²) in [6.45, 7) is 16.1. The fourth-order valence-electron chi connectivity index (χ4n) is 4.69. The van der Waals surface area contributed by atoms with Gasteiger partial charge in [0, 0.05) is 11.8 Å². The van der Waals surface area contributed by atoms with Crippen molar-refractivity contribution in [2.24, 2.45) is 5.41 Å². The molecule has 27 heavy (non-hydrogen) atoms. The summed E-state index contributed by atoms with van der Waals surface area (Å²) >= 11 is 0. The monoisotopic (exact) mass is 358 g/mol. The van der Waals surface area contributed by atoms with Crippen LogP contribution in [-0.2, 0) is 11.8 Å². The highest BCUT2D eigenvalue weighted by molar-refractivity contribution is 5.68. The van der Waals surface area contributed by atoms with Crippen molar-refractivity contribution in [3.05, 3.63) is 70.5 Å². The van der Waals surface area contributed by atoms with E-state index in [0.717, 1.165) is 12.2 Å². The van der Waals surface area contributed by atoms with Crippen LogP contribution < -0.4 is 0 Å². The number of rotatable bonds is 1. The molecule has 0 unspecified atom stereocenters. The molecule has 0 saturated heterocycles. The molecule has 0 atom stereocenters. The minimum absolute atomic E-state index is 0.0528. The second kappa shape index (κ2) is 5.82. The first-order valence-corrected chi connectivity index (χ1v) is 9.88. The third kappa shape index (κ3) is 2.65. The average molecular weight is 359 g/mol. The molecule has 1 aliphatic heterocycles. The summed E-state index contributed by atoms with van der Waals surface area (Å²) in [7, 11) is 0. The molecule has 0 spiro atoms. The third-order valence-electron chi connectivity index (χ3n) is 6.79. The van der Waals surface area contributed by atoms with E-state index in [2.05, 4.69) is 95.6 Å². The van der Waals surface area contributed by atoms with Gasteiger partial charge in [-0.15, -0.1) is 0 Å². The van der Waals surface area contributed by atoms with Gasteiger partial charge in [0.25, 0.3) is 0 Å². The summed E-state index contributed by atoms with van der Waals surface area (Å²) in [4.78, 5) is 5.12. The Morgan fingerprint density at radius 1 is 0.926 bits per heavy atom. The first kappa shape index (κ1) is 18.0. The van der Waals surface area contributed by atoms with E-state index in [1.54, 1.807) is 0 Å². The smallest absolute Gasteiger partial charge is 0.145 e. The lowest BCUT2D eigenvalue weighted by Crippen LogP contribution is -2.39. The Kier molecular flexibility index (Phi) is 3.89. The van der Waals surface area contributed by atoms with Gasteiger partial charge in [0.2, 0.25) is 0 Å². The number of aromatic nitrogens is 2. The second-order valence-electron chi connectivity index (χ2n) is 9.40. The third-order valence-corrected chi connectivity index (χ3v) is 6.79. The molecule has 0 aliphatic carbocycles. The summed E-state index contributed by atoms with van der Waals surface area (Å²) in [6.07, 6.45) is 3.23. The topological polar surface area (TPSA) is 17.8 Å². The van der Waals surface area contributed by atoms with Crippen LogP contribution in [0.15, 0.2) is 42.6 Å². The largest absolute Gasteiger partial charge is 0.299 e. The average Bonchev–Trinajstić information content (AvgIpc) is 2.96. The summed E-state index contributed by atoms with van der Waals surface area (Å²) in [5, 5.41) is 0. The normalized spacial score (nSPS) is 17.1. The molecular formula is C25H30N2. The van der Waals surface area contributed by atoms with Gasteiger partial charge in [0.05, 0.1) is 11.4 Å². The molecule has 2 nitrogen and oxygen atoms in total. The van der Waals surface area contributed by atoms with E-state index < -0.39 is 0 Å². The zero-order chi connectivity index (χ0) is 19.6. The first-order chi connectivity index (χ1) is 12.6. The van der Waals surface area contributed by atoms with Crippen molar-refractivity contribution in [2.45, 2.75) is 60.3 Å². The van der Waals surface area contributed by atoms with Crippen LogP contribution in [0.3, 0.4) is 0 Å². The van der Waals surface area contributed by atoms with E-state index >= 15 is 0 Å². The van der Waals surface area contributed by atoms with Gasteiger partial charge in [0.1, 0.15) is 5.82 Å². The molecule has 1 aromatic heterocycles. The Balaban J connectivity index is 2.07. The molecule has 140 valence electrons. The van der Waals surface area contributed by atoms with Gasteiger partial charge in [-0.2, -0.15) is 0 Å². The van der Waals surface area contributed by atoms with Crippen LogP contribution in [0, 0.1) is 26.2 Å². The molecule has 2 bridgehead atoms. The molecule has 0 radical (unpaired) electrons. The molecule has 2 aromatic carbocycles. The van der Waals surface area contributed by atoms with Crippen LogP contribution in [0.1, 0.15) is 55.6 Å². The predicted molar refractivity (Wildman–Crippen MR) is 114 cm³/mol. The SMILES string of the molecule is Cc1cc(C)c(-n2cc3nc2-c2ccccc2C(C)(C)C(C)(C)C3)c(C)c1. The van der Waals surface area contributed by atoms with Gasteiger partial charge < -0.3 is 0 Å². The van der Waals surface area contributed by atoms with Crippen molar-refractivity contribution >= 4 is 0 Å². The molecule has 1 aliphatic rings. The fraction of sp³-hybridized carbons (Fsp3) is 0.400. The van der Waals surface area contributed by atoms with Crippen molar-refractivity contribution in [2.75, 3.05) is 0 Å². The molecule has 0 amide bonds. The Bertz CT molecular complexity index is 1010. The van der Waals surface area contributed by atoms with Gasteiger partial charge in [-0.1, -0.05) is 69.7 Å². The van der Waals surface area contributed by atoms with Crippen molar-refractivity contribution in [3.63, 3.8) is 0 Å². The Morgan fingerprint density at radius 2 is 1.56 bits per heavy atom. The number of hydrogen-bond acceptors (Lipinski definition) is 1. The maximum Gasteiger partial charge on any atom is 0.145 e. The van der Waals surface area contributed by atoms with E-state index in [-0.39, 0.29) is 10.8 Å². The second-order valence-corrected chi connectivity index (χ2v) is 9.40. The molecule has 0 N–H and O–H groups in total. The Hall–Kier alpha value is -2.35. The molecule has 3 aromatic rings.